The molecule has 0 unspecified atom stereocenters. The van der Waals surface area contributed by atoms with Crippen molar-refractivity contribution < 1.29 is 23.8 Å². The van der Waals surface area contributed by atoms with Gasteiger partial charge >= 0.3 is 11.9 Å². The van der Waals surface area contributed by atoms with Crippen molar-refractivity contribution in [1.29, 1.82) is 0 Å². The lowest BCUT2D eigenvalue weighted by Crippen LogP contribution is -2.33. The summed E-state index contributed by atoms with van der Waals surface area (Å²) in [6.07, 6.45) is 0.525. The standard InChI is InChI=1S/C16H22ClNO5/c1-21-15(19)7-9-18(10-8-16(20)22-2)11-12-23-14-5-3-13(17)4-6-14/h3-6H,7-12H2,1-2H3. The van der Waals surface area contributed by atoms with Crippen molar-refractivity contribution in [1.82, 2.24) is 4.90 Å². The Morgan fingerprint density at radius 3 is 1.96 bits per heavy atom. The Hall–Kier alpha value is -1.79. The number of carbonyl (C=O) groups is 2. The first kappa shape index (κ1) is 19.3. The first-order chi connectivity index (χ1) is 11.0. The Balaban J connectivity index is 2.41. The van der Waals surface area contributed by atoms with Crippen molar-refractivity contribution >= 4 is 23.5 Å². The van der Waals surface area contributed by atoms with Gasteiger partial charge in [-0.05, 0) is 24.3 Å². The quantitative estimate of drug-likeness (QED) is 0.606. The third-order valence-electron chi connectivity index (χ3n) is 3.21. The summed E-state index contributed by atoms with van der Waals surface area (Å²) in [5, 5.41) is 0.648. The first-order valence-corrected chi connectivity index (χ1v) is 7.67. The predicted octanol–water partition coefficient (Wildman–Crippen LogP) is 2.15. The van der Waals surface area contributed by atoms with Crippen molar-refractivity contribution in [2.24, 2.45) is 0 Å². The van der Waals surface area contributed by atoms with Gasteiger partial charge in [0.2, 0.25) is 0 Å². The van der Waals surface area contributed by atoms with Crippen LogP contribution >= 0.6 is 11.6 Å². The molecule has 0 heterocycles. The van der Waals surface area contributed by atoms with Crippen molar-refractivity contribution in [3.63, 3.8) is 0 Å². The lowest BCUT2D eigenvalue weighted by atomic mass is 10.3. The van der Waals surface area contributed by atoms with Gasteiger partial charge in [0.1, 0.15) is 12.4 Å². The highest BCUT2D eigenvalue weighted by atomic mass is 35.5. The zero-order valence-electron chi connectivity index (χ0n) is 13.4. The van der Waals surface area contributed by atoms with E-state index in [1.165, 1.54) is 14.2 Å². The third kappa shape index (κ3) is 8.42. The number of methoxy groups -OCH3 is 2. The van der Waals surface area contributed by atoms with Gasteiger partial charge in [-0.25, -0.2) is 0 Å². The van der Waals surface area contributed by atoms with E-state index in [9.17, 15) is 9.59 Å². The van der Waals surface area contributed by atoms with E-state index in [2.05, 4.69) is 9.47 Å². The van der Waals surface area contributed by atoms with Crippen molar-refractivity contribution in [3.05, 3.63) is 29.3 Å². The van der Waals surface area contributed by atoms with Crippen LogP contribution in [0.5, 0.6) is 5.75 Å². The smallest absolute Gasteiger partial charge is 0.306 e. The van der Waals surface area contributed by atoms with E-state index >= 15 is 0 Å². The van der Waals surface area contributed by atoms with E-state index in [1.807, 2.05) is 4.90 Å². The van der Waals surface area contributed by atoms with Crippen LogP contribution in [0.3, 0.4) is 0 Å². The summed E-state index contributed by atoms with van der Waals surface area (Å²) in [6.45, 7) is 2.00. The van der Waals surface area contributed by atoms with Crippen LogP contribution in [0.1, 0.15) is 12.8 Å². The zero-order valence-corrected chi connectivity index (χ0v) is 14.2. The van der Waals surface area contributed by atoms with E-state index < -0.39 is 0 Å². The van der Waals surface area contributed by atoms with Crippen LogP contribution in [0.15, 0.2) is 24.3 Å². The number of esters is 2. The van der Waals surface area contributed by atoms with E-state index in [1.54, 1.807) is 24.3 Å². The normalized spacial score (nSPS) is 10.4. The summed E-state index contributed by atoms with van der Waals surface area (Å²) in [6, 6.07) is 7.08. The third-order valence-corrected chi connectivity index (χ3v) is 3.46. The summed E-state index contributed by atoms with van der Waals surface area (Å²) in [5.74, 6) is 0.147. The second-order valence-electron chi connectivity index (χ2n) is 4.80. The molecule has 23 heavy (non-hydrogen) atoms. The van der Waals surface area contributed by atoms with Crippen LogP contribution in [0.25, 0.3) is 0 Å². The maximum absolute atomic E-state index is 11.3. The van der Waals surface area contributed by atoms with Crippen LogP contribution in [0.2, 0.25) is 5.02 Å². The number of ether oxygens (including phenoxy) is 3. The van der Waals surface area contributed by atoms with Crippen molar-refractivity contribution in [3.8, 4) is 5.75 Å². The Morgan fingerprint density at radius 1 is 0.957 bits per heavy atom. The molecule has 0 atom stereocenters. The lowest BCUT2D eigenvalue weighted by molar-refractivity contribution is -0.141. The second-order valence-corrected chi connectivity index (χ2v) is 5.23. The van der Waals surface area contributed by atoms with Crippen LogP contribution in [0, 0.1) is 0 Å². The fraction of sp³-hybridized carbons (Fsp3) is 0.500. The van der Waals surface area contributed by atoms with Gasteiger partial charge < -0.3 is 14.2 Å². The molecule has 0 aliphatic carbocycles. The second kappa shape index (κ2) is 10.9. The maximum atomic E-state index is 11.3. The molecule has 0 saturated heterocycles. The SMILES string of the molecule is COC(=O)CCN(CCOc1ccc(Cl)cc1)CCC(=O)OC. The maximum Gasteiger partial charge on any atom is 0.306 e. The summed E-state index contributed by atoms with van der Waals surface area (Å²) in [4.78, 5) is 24.5. The van der Waals surface area contributed by atoms with Crippen molar-refractivity contribution in [2.75, 3.05) is 40.5 Å². The summed E-state index contributed by atoms with van der Waals surface area (Å²) in [5.41, 5.74) is 0. The van der Waals surface area contributed by atoms with Crippen LogP contribution in [-0.4, -0.2) is 57.3 Å². The molecule has 0 amide bonds. The molecule has 0 aliphatic heterocycles. The Bertz CT molecular complexity index is 472. The number of nitrogens with zero attached hydrogens (tertiary/aromatic N) is 1. The topological polar surface area (TPSA) is 65.1 Å². The molecule has 0 radical (unpaired) electrons. The minimum Gasteiger partial charge on any atom is -0.492 e. The highest BCUT2D eigenvalue weighted by Crippen LogP contribution is 2.15. The molecule has 7 heteroatoms. The molecule has 128 valence electrons. The lowest BCUT2D eigenvalue weighted by Gasteiger charge is -2.21. The molecule has 0 aliphatic rings. The fourth-order valence-corrected chi connectivity index (χ4v) is 1.99. The molecule has 0 fully saturated rings. The number of hydrogen-bond donors (Lipinski definition) is 0. The van der Waals surface area contributed by atoms with Crippen LogP contribution in [0.4, 0.5) is 0 Å². The van der Waals surface area contributed by atoms with Gasteiger partial charge in [0.05, 0.1) is 27.1 Å². The van der Waals surface area contributed by atoms with Crippen molar-refractivity contribution in [2.45, 2.75) is 12.8 Å². The Kier molecular flexibility index (Phi) is 9.09. The predicted molar refractivity (Wildman–Crippen MR) is 86.7 cm³/mol. The molecular weight excluding hydrogens is 322 g/mol. The largest absolute Gasteiger partial charge is 0.492 e. The number of hydrogen-bond acceptors (Lipinski definition) is 6. The fourth-order valence-electron chi connectivity index (χ4n) is 1.86. The monoisotopic (exact) mass is 343 g/mol. The molecule has 1 rings (SSSR count). The molecule has 1 aromatic carbocycles. The Labute approximate surface area is 141 Å². The van der Waals surface area contributed by atoms with Crippen LogP contribution < -0.4 is 4.74 Å². The van der Waals surface area contributed by atoms with Gasteiger partial charge in [0.15, 0.2) is 0 Å². The molecule has 6 nitrogen and oxygen atoms in total. The van der Waals surface area contributed by atoms with E-state index in [0.29, 0.717) is 31.3 Å². The summed E-state index contributed by atoms with van der Waals surface area (Å²) in [7, 11) is 2.70. The molecule has 0 aromatic heterocycles. The number of rotatable bonds is 10. The van der Waals surface area contributed by atoms with E-state index in [4.69, 9.17) is 16.3 Å². The Morgan fingerprint density at radius 2 is 1.48 bits per heavy atom. The van der Waals surface area contributed by atoms with E-state index in [-0.39, 0.29) is 24.8 Å². The van der Waals surface area contributed by atoms with Crippen LogP contribution in [-0.2, 0) is 19.1 Å². The van der Waals surface area contributed by atoms with Gasteiger partial charge in [0, 0.05) is 24.7 Å². The van der Waals surface area contributed by atoms with Gasteiger partial charge in [-0.3, -0.25) is 14.5 Å². The van der Waals surface area contributed by atoms with Gasteiger partial charge in [0.25, 0.3) is 0 Å². The molecular formula is C16H22ClNO5. The number of halogens is 1. The molecule has 0 N–H and O–H groups in total. The minimum absolute atomic E-state index is 0.263. The average Bonchev–Trinajstić information content (AvgIpc) is 2.57. The first-order valence-electron chi connectivity index (χ1n) is 7.29. The number of carbonyl (C=O) groups excluding carboxylic acids is 2. The molecule has 1 aromatic rings. The minimum atomic E-state index is -0.285. The number of benzene rings is 1. The summed E-state index contributed by atoms with van der Waals surface area (Å²) >= 11 is 5.81. The molecule has 0 spiro atoms. The van der Waals surface area contributed by atoms with Gasteiger partial charge in [-0.2, -0.15) is 0 Å². The highest BCUT2D eigenvalue weighted by molar-refractivity contribution is 6.30. The van der Waals surface area contributed by atoms with Gasteiger partial charge in [-0.1, -0.05) is 11.6 Å². The summed E-state index contributed by atoms with van der Waals surface area (Å²) < 4.78 is 14.9. The van der Waals surface area contributed by atoms with Gasteiger partial charge in [-0.15, -0.1) is 0 Å². The molecule has 0 bridgehead atoms. The average molecular weight is 344 g/mol. The highest BCUT2D eigenvalue weighted by Gasteiger charge is 2.11. The van der Waals surface area contributed by atoms with E-state index in [0.717, 1.165) is 5.75 Å². The molecule has 0 saturated carbocycles. The zero-order chi connectivity index (χ0) is 17.1.